The van der Waals surface area contributed by atoms with Gasteiger partial charge in [-0.3, -0.25) is 4.79 Å². The van der Waals surface area contributed by atoms with Gasteiger partial charge in [-0.15, -0.1) is 11.8 Å². The van der Waals surface area contributed by atoms with E-state index in [4.69, 9.17) is 9.84 Å². The third kappa shape index (κ3) is 2.92. The van der Waals surface area contributed by atoms with Crippen LogP contribution in [0.4, 0.5) is 0 Å². The molecule has 0 aliphatic carbocycles. The first-order chi connectivity index (χ1) is 8.70. The average molecular weight is 263 g/mol. The molecule has 0 spiro atoms. The zero-order valence-corrected chi connectivity index (χ0v) is 10.7. The topological polar surface area (TPSA) is 59.4 Å². The molecular weight excluding hydrogens is 250 g/mol. The fraction of sp³-hybridized carbons (Fsp3) is 0.231. The van der Waals surface area contributed by atoms with Gasteiger partial charge in [0.25, 0.3) is 0 Å². The van der Waals surface area contributed by atoms with Crippen molar-refractivity contribution in [1.82, 2.24) is 4.98 Å². The van der Waals surface area contributed by atoms with Crippen molar-refractivity contribution in [2.24, 2.45) is 0 Å². The summed E-state index contributed by atoms with van der Waals surface area (Å²) in [5, 5.41) is 11.5. The first kappa shape index (κ1) is 12.7. The molecule has 5 heteroatoms. The number of pyridine rings is 1. The number of carboxylic acids is 1. The maximum absolute atomic E-state index is 10.5. The van der Waals surface area contributed by atoms with E-state index in [0.717, 1.165) is 21.5 Å². The van der Waals surface area contributed by atoms with Crippen LogP contribution in [0.1, 0.15) is 6.42 Å². The SMILES string of the molecule is COc1ccc2c(SCCC(=O)O)nccc2c1. The lowest BCUT2D eigenvalue weighted by Crippen LogP contribution is -1.96. The van der Waals surface area contributed by atoms with Crippen LogP contribution in [-0.2, 0) is 4.79 Å². The van der Waals surface area contributed by atoms with E-state index in [2.05, 4.69) is 4.98 Å². The van der Waals surface area contributed by atoms with Gasteiger partial charge in [-0.1, -0.05) is 0 Å². The van der Waals surface area contributed by atoms with Gasteiger partial charge >= 0.3 is 5.97 Å². The van der Waals surface area contributed by atoms with Gasteiger partial charge in [-0.05, 0) is 29.7 Å². The van der Waals surface area contributed by atoms with E-state index in [0.29, 0.717) is 5.75 Å². The summed E-state index contributed by atoms with van der Waals surface area (Å²) in [4.78, 5) is 14.8. The normalized spacial score (nSPS) is 10.5. The molecule has 0 aliphatic rings. The summed E-state index contributed by atoms with van der Waals surface area (Å²) in [6.45, 7) is 0. The minimum Gasteiger partial charge on any atom is -0.497 e. The first-order valence-electron chi connectivity index (χ1n) is 5.48. The Morgan fingerprint density at radius 2 is 2.28 bits per heavy atom. The smallest absolute Gasteiger partial charge is 0.304 e. The van der Waals surface area contributed by atoms with Crippen molar-refractivity contribution in [3.05, 3.63) is 30.5 Å². The Bertz CT molecular complexity index is 571. The van der Waals surface area contributed by atoms with Crippen molar-refractivity contribution < 1.29 is 14.6 Å². The van der Waals surface area contributed by atoms with E-state index in [1.165, 1.54) is 11.8 Å². The molecule has 94 valence electrons. The Balaban J connectivity index is 2.25. The second kappa shape index (κ2) is 5.73. The van der Waals surface area contributed by atoms with Gasteiger partial charge in [-0.25, -0.2) is 4.98 Å². The summed E-state index contributed by atoms with van der Waals surface area (Å²) in [6.07, 6.45) is 1.86. The zero-order valence-electron chi connectivity index (χ0n) is 9.92. The van der Waals surface area contributed by atoms with Gasteiger partial charge in [0.15, 0.2) is 0 Å². The molecule has 1 heterocycles. The summed E-state index contributed by atoms with van der Waals surface area (Å²) in [5.74, 6) is 0.535. The predicted octanol–water partition coefficient (Wildman–Crippen LogP) is 2.81. The van der Waals surface area contributed by atoms with Crippen LogP contribution in [0, 0.1) is 0 Å². The average Bonchev–Trinajstić information content (AvgIpc) is 2.38. The van der Waals surface area contributed by atoms with E-state index in [1.807, 2.05) is 24.3 Å². The van der Waals surface area contributed by atoms with Crippen LogP contribution in [-0.4, -0.2) is 28.9 Å². The number of fused-ring (bicyclic) bond motifs is 1. The number of carbonyl (C=O) groups is 1. The highest BCUT2D eigenvalue weighted by Crippen LogP contribution is 2.28. The van der Waals surface area contributed by atoms with Crippen molar-refractivity contribution in [3.63, 3.8) is 0 Å². The zero-order chi connectivity index (χ0) is 13.0. The summed E-state index contributed by atoms with van der Waals surface area (Å²) in [5.41, 5.74) is 0. The number of hydrogen-bond donors (Lipinski definition) is 1. The number of methoxy groups -OCH3 is 1. The molecule has 0 bridgehead atoms. The van der Waals surface area contributed by atoms with Crippen LogP contribution in [0.2, 0.25) is 0 Å². The summed E-state index contributed by atoms with van der Waals surface area (Å²) in [6, 6.07) is 7.69. The van der Waals surface area contributed by atoms with Gasteiger partial charge in [0.05, 0.1) is 13.5 Å². The van der Waals surface area contributed by atoms with Gasteiger partial charge in [0, 0.05) is 17.3 Å². The molecule has 0 saturated carbocycles. The van der Waals surface area contributed by atoms with Gasteiger partial charge < -0.3 is 9.84 Å². The van der Waals surface area contributed by atoms with Crippen molar-refractivity contribution >= 4 is 28.5 Å². The van der Waals surface area contributed by atoms with E-state index < -0.39 is 5.97 Å². The number of benzene rings is 1. The third-order valence-electron chi connectivity index (χ3n) is 2.49. The van der Waals surface area contributed by atoms with Crippen LogP contribution in [0.5, 0.6) is 5.75 Å². The first-order valence-corrected chi connectivity index (χ1v) is 6.46. The van der Waals surface area contributed by atoms with Gasteiger partial charge in [-0.2, -0.15) is 0 Å². The molecule has 0 radical (unpaired) electrons. The van der Waals surface area contributed by atoms with Crippen LogP contribution in [0.15, 0.2) is 35.5 Å². The van der Waals surface area contributed by atoms with Crippen LogP contribution in [0.3, 0.4) is 0 Å². The quantitative estimate of drug-likeness (QED) is 0.840. The summed E-state index contributed by atoms with van der Waals surface area (Å²) in [7, 11) is 1.63. The second-order valence-electron chi connectivity index (χ2n) is 3.70. The van der Waals surface area contributed by atoms with Crippen molar-refractivity contribution in [3.8, 4) is 5.75 Å². The molecule has 0 unspecified atom stereocenters. The standard InChI is InChI=1S/C13H13NO3S/c1-17-10-2-3-11-9(8-10)4-6-14-13(11)18-7-5-12(15)16/h2-4,6,8H,5,7H2,1H3,(H,15,16). The van der Waals surface area contributed by atoms with E-state index in [9.17, 15) is 4.79 Å². The largest absolute Gasteiger partial charge is 0.497 e. The van der Waals surface area contributed by atoms with Crippen molar-refractivity contribution in [2.75, 3.05) is 12.9 Å². The lowest BCUT2D eigenvalue weighted by Gasteiger charge is -2.06. The molecule has 2 rings (SSSR count). The van der Waals surface area contributed by atoms with Crippen LogP contribution >= 0.6 is 11.8 Å². The number of carboxylic acid groups (broad SMARTS) is 1. The second-order valence-corrected chi connectivity index (χ2v) is 4.78. The minimum absolute atomic E-state index is 0.138. The molecule has 4 nitrogen and oxygen atoms in total. The lowest BCUT2D eigenvalue weighted by atomic mass is 10.2. The molecule has 0 amide bonds. The van der Waals surface area contributed by atoms with Crippen molar-refractivity contribution in [1.29, 1.82) is 0 Å². The molecule has 2 aromatic rings. The Morgan fingerprint density at radius 1 is 1.44 bits per heavy atom. The number of thioether (sulfide) groups is 1. The number of ether oxygens (including phenoxy) is 1. The predicted molar refractivity (Wildman–Crippen MR) is 71.3 cm³/mol. The summed E-state index contributed by atoms with van der Waals surface area (Å²) < 4.78 is 5.17. The number of aliphatic carboxylic acids is 1. The summed E-state index contributed by atoms with van der Waals surface area (Å²) >= 11 is 1.46. The highest BCUT2D eigenvalue weighted by atomic mass is 32.2. The van der Waals surface area contributed by atoms with Gasteiger partial charge in [0.1, 0.15) is 10.8 Å². The number of nitrogens with zero attached hydrogens (tertiary/aromatic N) is 1. The van der Waals surface area contributed by atoms with Crippen LogP contribution < -0.4 is 4.74 Å². The molecule has 1 N–H and O–H groups in total. The number of rotatable bonds is 5. The van der Waals surface area contributed by atoms with E-state index in [-0.39, 0.29) is 6.42 Å². The van der Waals surface area contributed by atoms with Crippen molar-refractivity contribution in [2.45, 2.75) is 11.4 Å². The highest BCUT2D eigenvalue weighted by molar-refractivity contribution is 7.99. The maximum atomic E-state index is 10.5. The molecule has 0 aliphatic heterocycles. The Hall–Kier alpha value is -1.75. The lowest BCUT2D eigenvalue weighted by molar-refractivity contribution is -0.136. The van der Waals surface area contributed by atoms with E-state index >= 15 is 0 Å². The molecule has 0 saturated heterocycles. The van der Waals surface area contributed by atoms with E-state index in [1.54, 1.807) is 13.3 Å². The Morgan fingerprint density at radius 3 is 3.00 bits per heavy atom. The minimum atomic E-state index is -0.788. The van der Waals surface area contributed by atoms with Gasteiger partial charge in [0.2, 0.25) is 0 Å². The maximum Gasteiger partial charge on any atom is 0.304 e. The molecule has 1 aromatic carbocycles. The fourth-order valence-electron chi connectivity index (χ4n) is 1.61. The molecule has 18 heavy (non-hydrogen) atoms. The molecule has 0 atom stereocenters. The fourth-order valence-corrected chi connectivity index (χ4v) is 2.55. The highest BCUT2D eigenvalue weighted by Gasteiger charge is 2.05. The molecular formula is C13H13NO3S. The monoisotopic (exact) mass is 263 g/mol. The van der Waals surface area contributed by atoms with Crippen LogP contribution in [0.25, 0.3) is 10.8 Å². The third-order valence-corrected chi connectivity index (χ3v) is 3.50. The number of aromatic nitrogens is 1. The molecule has 1 aromatic heterocycles. The molecule has 0 fully saturated rings. The number of hydrogen-bond acceptors (Lipinski definition) is 4. The Labute approximate surface area is 109 Å². The Kier molecular flexibility index (Phi) is 4.04.